The van der Waals surface area contributed by atoms with Crippen molar-refractivity contribution < 1.29 is 9.53 Å². The summed E-state index contributed by atoms with van der Waals surface area (Å²) in [5, 5.41) is 13.0. The summed E-state index contributed by atoms with van der Waals surface area (Å²) in [7, 11) is 3.36. The molecule has 0 aromatic carbocycles. The van der Waals surface area contributed by atoms with Gasteiger partial charge in [0.1, 0.15) is 0 Å². The lowest BCUT2D eigenvalue weighted by Gasteiger charge is -2.13. The average Bonchev–Trinajstić information content (AvgIpc) is 2.83. The molecule has 1 aromatic rings. The first-order valence-electron chi connectivity index (χ1n) is 5.38. The maximum atomic E-state index is 11.6. The van der Waals surface area contributed by atoms with E-state index in [2.05, 4.69) is 11.2 Å². The van der Waals surface area contributed by atoms with Crippen molar-refractivity contribution in [1.82, 2.24) is 14.7 Å². The maximum Gasteiger partial charge on any atom is 0.224 e. The summed E-state index contributed by atoms with van der Waals surface area (Å²) in [6.07, 6.45) is 0.320. The van der Waals surface area contributed by atoms with Gasteiger partial charge in [0.2, 0.25) is 11.8 Å². The van der Waals surface area contributed by atoms with E-state index in [0.717, 1.165) is 5.69 Å². The van der Waals surface area contributed by atoms with Gasteiger partial charge in [-0.15, -0.1) is 0 Å². The molecule has 1 amide bonds. The van der Waals surface area contributed by atoms with Crippen LogP contribution in [0, 0.1) is 17.2 Å². The van der Waals surface area contributed by atoms with E-state index in [1.54, 1.807) is 29.8 Å². The molecule has 0 spiro atoms. The van der Waals surface area contributed by atoms with Crippen molar-refractivity contribution in [3.05, 3.63) is 11.8 Å². The zero-order valence-corrected chi connectivity index (χ0v) is 9.88. The number of methoxy groups -OCH3 is 1. The molecule has 0 bridgehead atoms. The van der Waals surface area contributed by atoms with Crippen molar-refractivity contribution in [2.24, 2.45) is 13.0 Å². The summed E-state index contributed by atoms with van der Waals surface area (Å²) in [6.45, 7) is 0.933. The normalized spacial score (nSPS) is 19.5. The standard InChI is InChI=1S/C11H14N4O2/c1-14-11(17-2)4-9(13-14)7-15-6-8(5-12)3-10(15)16/h4,8H,3,6-7H2,1-2H3. The number of amides is 1. The van der Waals surface area contributed by atoms with Gasteiger partial charge in [0.15, 0.2) is 0 Å². The van der Waals surface area contributed by atoms with Crippen LogP contribution in [0.25, 0.3) is 0 Å². The van der Waals surface area contributed by atoms with Gasteiger partial charge < -0.3 is 9.64 Å². The lowest BCUT2D eigenvalue weighted by atomic mass is 10.1. The Morgan fingerprint density at radius 1 is 1.71 bits per heavy atom. The molecule has 1 atom stereocenters. The molecule has 1 aliphatic heterocycles. The molecule has 6 heteroatoms. The first-order valence-corrected chi connectivity index (χ1v) is 5.38. The average molecular weight is 234 g/mol. The Kier molecular flexibility index (Phi) is 3.00. The van der Waals surface area contributed by atoms with Crippen LogP contribution in [0.4, 0.5) is 0 Å². The van der Waals surface area contributed by atoms with Gasteiger partial charge in [0.05, 0.1) is 31.3 Å². The number of likely N-dealkylation sites (tertiary alicyclic amines) is 1. The number of hydrogen-bond acceptors (Lipinski definition) is 4. The molecule has 1 fully saturated rings. The second-order valence-corrected chi connectivity index (χ2v) is 4.11. The number of rotatable bonds is 3. The highest BCUT2D eigenvalue weighted by atomic mass is 16.5. The molecule has 17 heavy (non-hydrogen) atoms. The second kappa shape index (κ2) is 4.45. The number of hydrogen-bond donors (Lipinski definition) is 0. The van der Waals surface area contributed by atoms with Gasteiger partial charge in [-0.05, 0) is 0 Å². The van der Waals surface area contributed by atoms with Gasteiger partial charge in [-0.3, -0.25) is 4.79 Å². The third-order valence-corrected chi connectivity index (χ3v) is 2.85. The molecular formula is C11H14N4O2. The van der Waals surface area contributed by atoms with Crippen LogP contribution in [0.3, 0.4) is 0 Å². The van der Waals surface area contributed by atoms with Gasteiger partial charge in [-0.2, -0.15) is 10.4 Å². The molecule has 2 rings (SSSR count). The van der Waals surface area contributed by atoms with Gasteiger partial charge in [-0.1, -0.05) is 0 Å². The van der Waals surface area contributed by atoms with Crippen molar-refractivity contribution in [2.45, 2.75) is 13.0 Å². The first-order chi connectivity index (χ1) is 8.13. The molecule has 1 unspecified atom stereocenters. The third-order valence-electron chi connectivity index (χ3n) is 2.85. The summed E-state index contributed by atoms with van der Waals surface area (Å²) in [5.74, 6) is 0.484. The van der Waals surface area contributed by atoms with Gasteiger partial charge in [0, 0.05) is 26.1 Å². The molecule has 1 saturated heterocycles. The molecular weight excluding hydrogens is 220 g/mol. The smallest absolute Gasteiger partial charge is 0.224 e. The van der Waals surface area contributed by atoms with E-state index in [0.29, 0.717) is 25.4 Å². The van der Waals surface area contributed by atoms with Crippen LogP contribution in [-0.4, -0.2) is 34.2 Å². The minimum absolute atomic E-state index is 0.0150. The fourth-order valence-corrected chi connectivity index (χ4v) is 1.98. The zero-order chi connectivity index (χ0) is 12.4. The largest absolute Gasteiger partial charge is 0.481 e. The van der Waals surface area contributed by atoms with E-state index >= 15 is 0 Å². The summed E-state index contributed by atoms with van der Waals surface area (Å²) < 4.78 is 6.73. The topological polar surface area (TPSA) is 71.2 Å². The molecule has 0 N–H and O–H groups in total. The molecule has 90 valence electrons. The highest BCUT2D eigenvalue weighted by Gasteiger charge is 2.29. The number of nitriles is 1. The van der Waals surface area contributed by atoms with E-state index in [4.69, 9.17) is 10.00 Å². The highest BCUT2D eigenvalue weighted by Crippen LogP contribution is 2.20. The minimum Gasteiger partial charge on any atom is -0.481 e. The van der Waals surface area contributed by atoms with E-state index in [-0.39, 0.29) is 11.8 Å². The summed E-state index contributed by atoms with van der Waals surface area (Å²) in [4.78, 5) is 13.3. The fraction of sp³-hybridized carbons (Fsp3) is 0.545. The number of nitrogens with zero attached hydrogens (tertiary/aromatic N) is 4. The monoisotopic (exact) mass is 234 g/mol. The van der Waals surface area contributed by atoms with E-state index < -0.39 is 0 Å². The van der Waals surface area contributed by atoms with Gasteiger partial charge >= 0.3 is 0 Å². The molecule has 0 saturated carbocycles. The second-order valence-electron chi connectivity index (χ2n) is 4.11. The van der Waals surface area contributed by atoms with Crippen LogP contribution in [0.1, 0.15) is 12.1 Å². The number of ether oxygens (including phenoxy) is 1. The van der Waals surface area contributed by atoms with Crippen LogP contribution in [-0.2, 0) is 18.4 Å². The maximum absolute atomic E-state index is 11.6. The van der Waals surface area contributed by atoms with Crippen LogP contribution < -0.4 is 4.74 Å². The predicted molar refractivity (Wildman–Crippen MR) is 58.9 cm³/mol. The molecule has 0 aliphatic carbocycles. The van der Waals surface area contributed by atoms with Crippen LogP contribution in [0.15, 0.2) is 6.07 Å². The quantitative estimate of drug-likeness (QED) is 0.754. The lowest BCUT2D eigenvalue weighted by Crippen LogP contribution is -2.24. The van der Waals surface area contributed by atoms with Crippen molar-refractivity contribution >= 4 is 5.91 Å². The third kappa shape index (κ3) is 2.23. The van der Waals surface area contributed by atoms with Gasteiger partial charge in [-0.25, -0.2) is 4.68 Å². The Hall–Kier alpha value is -2.03. The Balaban J connectivity index is 2.06. The van der Waals surface area contributed by atoms with Gasteiger partial charge in [0.25, 0.3) is 0 Å². The van der Waals surface area contributed by atoms with Crippen molar-refractivity contribution in [3.63, 3.8) is 0 Å². The number of aromatic nitrogens is 2. The SMILES string of the molecule is COc1cc(CN2CC(C#N)CC2=O)nn1C. The lowest BCUT2D eigenvalue weighted by molar-refractivity contribution is -0.128. The molecule has 1 aromatic heterocycles. The van der Waals surface area contributed by atoms with Crippen LogP contribution in [0.5, 0.6) is 5.88 Å². The number of carbonyl (C=O) groups excluding carboxylic acids is 1. The van der Waals surface area contributed by atoms with E-state index in [1.807, 2.05) is 0 Å². The summed E-state index contributed by atoms with van der Waals surface area (Å²) in [5.41, 5.74) is 0.774. The summed E-state index contributed by atoms with van der Waals surface area (Å²) >= 11 is 0. The predicted octanol–water partition coefficient (Wildman–Crippen LogP) is 0.301. The Bertz CT molecular complexity index is 474. The van der Waals surface area contributed by atoms with E-state index in [1.165, 1.54) is 0 Å². The zero-order valence-electron chi connectivity index (χ0n) is 9.88. The Morgan fingerprint density at radius 2 is 2.47 bits per heavy atom. The Morgan fingerprint density at radius 3 is 3.00 bits per heavy atom. The van der Waals surface area contributed by atoms with Crippen molar-refractivity contribution in [3.8, 4) is 11.9 Å². The fourth-order valence-electron chi connectivity index (χ4n) is 1.98. The molecule has 1 aliphatic rings. The molecule has 0 radical (unpaired) electrons. The Labute approximate surface area is 99.4 Å². The minimum atomic E-state index is -0.187. The highest BCUT2D eigenvalue weighted by molar-refractivity contribution is 5.79. The van der Waals surface area contributed by atoms with Crippen molar-refractivity contribution in [1.29, 1.82) is 5.26 Å². The van der Waals surface area contributed by atoms with E-state index in [9.17, 15) is 4.79 Å². The van der Waals surface area contributed by atoms with Crippen molar-refractivity contribution in [2.75, 3.05) is 13.7 Å². The molecule has 2 heterocycles. The first kappa shape index (κ1) is 11.5. The number of carbonyl (C=O) groups is 1. The molecule has 6 nitrogen and oxygen atoms in total. The van der Waals surface area contributed by atoms with Crippen LogP contribution in [0.2, 0.25) is 0 Å². The number of aryl methyl sites for hydroxylation is 1. The summed E-state index contributed by atoms with van der Waals surface area (Å²) in [6, 6.07) is 3.92. The van der Waals surface area contributed by atoms with Crippen LogP contribution >= 0.6 is 0 Å².